The lowest BCUT2D eigenvalue weighted by molar-refractivity contribution is -0.183. The van der Waals surface area contributed by atoms with Gasteiger partial charge >= 0.3 is 12.5 Å². The number of hydrogen-bond donors (Lipinski definition) is 3. The third kappa shape index (κ3) is 6.96. The summed E-state index contributed by atoms with van der Waals surface area (Å²) in [4.78, 5) is 14.3. The first-order valence-corrected chi connectivity index (χ1v) is 16.3. The second-order valence-corrected chi connectivity index (χ2v) is 12.3. The lowest BCUT2D eigenvalue weighted by atomic mass is 9.99. The van der Waals surface area contributed by atoms with Gasteiger partial charge in [-0.3, -0.25) is 4.98 Å². The van der Waals surface area contributed by atoms with Gasteiger partial charge in [-0.1, -0.05) is 37.6 Å². The Balaban J connectivity index is 0.000000345. The van der Waals surface area contributed by atoms with Crippen molar-refractivity contribution >= 4 is 27.5 Å². The molecule has 9 nitrogen and oxygen atoms in total. The molecule has 3 fully saturated rings. The summed E-state index contributed by atoms with van der Waals surface area (Å²) in [5, 5.41) is 22.7. The van der Waals surface area contributed by atoms with Crippen molar-refractivity contribution in [2.24, 2.45) is 5.92 Å². The molecule has 3 aliphatic rings. The Bertz CT molecular complexity index is 1740. The largest absolute Gasteiger partial charge is 0.459 e. The van der Waals surface area contributed by atoms with Crippen LogP contribution in [0.2, 0.25) is 0 Å². The predicted octanol–water partition coefficient (Wildman–Crippen LogP) is 6.28. The highest BCUT2D eigenvalue weighted by molar-refractivity contribution is 6.02. The van der Waals surface area contributed by atoms with E-state index in [0.29, 0.717) is 24.4 Å². The van der Waals surface area contributed by atoms with Crippen LogP contribution in [0.5, 0.6) is 11.8 Å². The van der Waals surface area contributed by atoms with Crippen molar-refractivity contribution in [2.75, 3.05) is 24.9 Å². The smallest absolute Gasteiger partial charge is 0.323 e. The molecule has 14 heteroatoms. The summed E-state index contributed by atoms with van der Waals surface area (Å²) in [5.74, 6) is -2.18. The highest BCUT2D eigenvalue weighted by atomic mass is 19.2. The number of aliphatic hydroxyl groups is 2. The number of ether oxygens (including phenoxy) is 2. The third-order valence-corrected chi connectivity index (χ3v) is 9.26. The highest BCUT2D eigenvalue weighted by Gasteiger charge is 2.55. The molecular weight excluding hydrogens is 637 g/mol. The molecule has 7 rings (SSSR count). The fourth-order valence-corrected chi connectivity index (χ4v) is 6.83. The van der Waals surface area contributed by atoms with Crippen molar-refractivity contribution in [3.63, 3.8) is 0 Å². The van der Waals surface area contributed by atoms with E-state index in [0.717, 1.165) is 38.3 Å². The molecule has 4 heterocycles. The van der Waals surface area contributed by atoms with Crippen LogP contribution in [0.1, 0.15) is 51.9 Å². The van der Waals surface area contributed by atoms with E-state index in [2.05, 4.69) is 20.3 Å². The molecule has 258 valence electrons. The van der Waals surface area contributed by atoms with Crippen LogP contribution in [0.25, 0.3) is 32.9 Å². The molecular formula is C34H38F5N5O4. The molecule has 48 heavy (non-hydrogen) atoms. The Morgan fingerprint density at radius 2 is 1.92 bits per heavy atom. The van der Waals surface area contributed by atoms with Gasteiger partial charge in [0.1, 0.15) is 29.4 Å². The number of fused-ring (bicyclic) bond motifs is 3. The number of anilines is 1. The molecule has 5 atom stereocenters. The van der Waals surface area contributed by atoms with Crippen molar-refractivity contribution in [1.82, 2.24) is 20.3 Å². The number of aliphatic hydroxyl groups excluding tert-OH is 1. The molecule has 5 unspecified atom stereocenters. The van der Waals surface area contributed by atoms with Crippen LogP contribution in [0.4, 0.5) is 27.8 Å². The van der Waals surface area contributed by atoms with E-state index in [-0.39, 0.29) is 39.3 Å². The van der Waals surface area contributed by atoms with Gasteiger partial charge in [0.05, 0.1) is 11.4 Å². The van der Waals surface area contributed by atoms with Crippen molar-refractivity contribution in [2.45, 2.75) is 82.8 Å². The molecule has 1 aliphatic carbocycles. The summed E-state index contributed by atoms with van der Waals surface area (Å²) in [7, 11) is 0. The Labute approximate surface area is 274 Å². The molecule has 0 spiro atoms. The first kappa shape index (κ1) is 34.0. The number of hydrogen-bond acceptors (Lipinski definition) is 9. The number of alkyl halides is 3. The summed E-state index contributed by atoms with van der Waals surface area (Å²) in [6.45, 7) is -0.143. The first-order valence-electron chi connectivity index (χ1n) is 16.3. The number of benzene rings is 2. The van der Waals surface area contributed by atoms with Crippen LogP contribution in [0, 0.1) is 17.6 Å². The molecule has 2 aromatic carbocycles. The van der Waals surface area contributed by atoms with E-state index in [4.69, 9.17) is 9.47 Å². The van der Waals surface area contributed by atoms with Gasteiger partial charge in [0, 0.05) is 35.7 Å². The van der Waals surface area contributed by atoms with Crippen LogP contribution in [-0.2, 0) is 0 Å². The molecule has 1 saturated carbocycles. The van der Waals surface area contributed by atoms with Crippen LogP contribution in [-0.4, -0.2) is 76.0 Å². The number of rotatable bonds is 9. The minimum atomic E-state index is -2.28. The van der Waals surface area contributed by atoms with Gasteiger partial charge in [0.2, 0.25) is 6.86 Å². The highest BCUT2D eigenvalue weighted by Crippen LogP contribution is 2.48. The molecule has 0 radical (unpaired) electrons. The quantitative estimate of drug-likeness (QED) is 0.139. The molecule has 2 saturated heterocycles. The minimum Gasteiger partial charge on any atom is -0.459 e. The van der Waals surface area contributed by atoms with Crippen LogP contribution in [0.15, 0.2) is 36.5 Å². The fourth-order valence-electron chi connectivity index (χ4n) is 6.83. The fraction of sp³-hybridized carbons (Fsp3) is 0.500. The average molecular weight is 676 g/mol. The first-order chi connectivity index (χ1) is 23.2. The maximum atomic E-state index is 16.2. The molecule has 0 amide bonds. The van der Waals surface area contributed by atoms with Gasteiger partial charge in [-0.15, -0.1) is 0 Å². The van der Waals surface area contributed by atoms with Gasteiger partial charge in [0.25, 0.3) is 0 Å². The lowest BCUT2D eigenvalue weighted by Crippen LogP contribution is -2.30. The molecule has 3 N–H and O–H groups in total. The second kappa shape index (κ2) is 14.7. The average Bonchev–Trinajstić information content (AvgIpc) is 3.51. The number of pyridine rings is 1. The summed E-state index contributed by atoms with van der Waals surface area (Å²) in [5.41, 5.74) is -0.384. The molecule has 0 bridgehead atoms. The van der Waals surface area contributed by atoms with Crippen LogP contribution in [0.3, 0.4) is 0 Å². The monoisotopic (exact) mass is 675 g/mol. The van der Waals surface area contributed by atoms with E-state index in [1.165, 1.54) is 31.2 Å². The van der Waals surface area contributed by atoms with Gasteiger partial charge in [0.15, 0.2) is 17.4 Å². The van der Waals surface area contributed by atoms with Crippen LogP contribution < -0.4 is 19.7 Å². The SMILES string of the molecule is CCC(F)CC1CCCN1.OC(O)Oc1nc(N2CCCCC3C(F)C32)c2cnc(-c3cccc4ccc(F)c(OCF)c34)c(F)c2n1. The van der Waals surface area contributed by atoms with Crippen molar-refractivity contribution < 1.29 is 41.6 Å². The van der Waals surface area contributed by atoms with E-state index in [1.54, 1.807) is 17.0 Å². The summed E-state index contributed by atoms with van der Waals surface area (Å²) >= 11 is 0. The zero-order valence-electron chi connectivity index (χ0n) is 26.4. The summed E-state index contributed by atoms with van der Waals surface area (Å²) in [6.07, 6.45) is 5.76. The number of halogens is 5. The van der Waals surface area contributed by atoms with E-state index >= 15 is 4.39 Å². The Morgan fingerprint density at radius 1 is 1.08 bits per heavy atom. The molecule has 4 aromatic rings. The zero-order valence-corrected chi connectivity index (χ0v) is 26.4. The normalized spacial score (nSPS) is 22.6. The minimum absolute atomic E-state index is 0.112. The van der Waals surface area contributed by atoms with Crippen molar-refractivity contribution in [1.29, 1.82) is 0 Å². The topological polar surface area (TPSA) is 113 Å². The van der Waals surface area contributed by atoms with E-state index < -0.39 is 55.1 Å². The molecule has 2 aliphatic heterocycles. The van der Waals surface area contributed by atoms with Gasteiger partial charge in [-0.25, -0.2) is 22.0 Å². The van der Waals surface area contributed by atoms with E-state index in [9.17, 15) is 27.8 Å². The number of nitrogens with one attached hydrogen (secondary N) is 1. The predicted molar refractivity (Wildman–Crippen MR) is 170 cm³/mol. The van der Waals surface area contributed by atoms with E-state index in [1.807, 2.05) is 6.92 Å². The zero-order chi connectivity index (χ0) is 33.9. The second-order valence-electron chi connectivity index (χ2n) is 12.3. The third-order valence-electron chi connectivity index (χ3n) is 9.26. The lowest BCUT2D eigenvalue weighted by Gasteiger charge is -2.24. The number of nitrogens with zero attached hydrogens (tertiary/aromatic N) is 4. The summed E-state index contributed by atoms with van der Waals surface area (Å²) < 4.78 is 81.0. The van der Waals surface area contributed by atoms with Crippen molar-refractivity contribution in [3.05, 3.63) is 48.2 Å². The summed E-state index contributed by atoms with van der Waals surface area (Å²) in [6, 6.07) is 6.78. The van der Waals surface area contributed by atoms with Crippen LogP contribution >= 0.6 is 0 Å². The van der Waals surface area contributed by atoms with Gasteiger partial charge in [-0.05, 0) is 56.5 Å². The standard InChI is InChI=1S/C26H22F4N4O4.C8H16FN/c27-11-37-23-16(28)8-7-12-4-3-6-13(17(12)23)20-19(30)21-15(10-31-20)24(33-25(32-21)38-26(35)36)34-9-2-1-5-14-18(29)22(14)34;1-2-7(9)6-8-4-3-5-10-8/h3-4,6-8,10,14,18,22,26,35-36H,1-2,5,9,11H2;7-8,10H,2-6H2,1H3. The Hall–Kier alpha value is -3.88. The van der Waals surface area contributed by atoms with Gasteiger partial charge in [-0.2, -0.15) is 9.97 Å². The maximum absolute atomic E-state index is 16.2. The van der Waals surface area contributed by atoms with Gasteiger partial charge < -0.3 is 29.9 Å². The van der Waals surface area contributed by atoms with Crippen molar-refractivity contribution in [3.8, 4) is 23.0 Å². The Kier molecular flexibility index (Phi) is 10.4. The Morgan fingerprint density at radius 3 is 2.65 bits per heavy atom. The molecule has 2 aromatic heterocycles. The maximum Gasteiger partial charge on any atom is 0.323 e. The number of aromatic nitrogens is 3.